The number of carbonyl (C=O) groups excluding carboxylic acids is 2. The second kappa shape index (κ2) is 9.57. The van der Waals surface area contributed by atoms with E-state index in [1.807, 2.05) is 30.3 Å². The van der Waals surface area contributed by atoms with Gasteiger partial charge in [-0.15, -0.1) is 0 Å². The molecule has 1 heterocycles. The van der Waals surface area contributed by atoms with Crippen LogP contribution in [0.3, 0.4) is 0 Å². The van der Waals surface area contributed by atoms with Crippen LogP contribution in [-0.4, -0.2) is 29.1 Å². The van der Waals surface area contributed by atoms with Gasteiger partial charge in [-0.3, -0.25) is 4.79 Å². The van der Waals surface area contributed by atoms with Crippen LogP contribution >= 0.6 is 0 Å². The smallest absolute Gasteiger partial charge is 0.337 e. The fraction of sp³-hybridized carbons (Fsp3) is 0.0833. The number of esters is 1. The molecule has 3 aromatic carbocycles. The number of hydrogen-bond acceptors (Lipinski definition) is 7. The van der Waals surface area contributed by atoms with Crippen molar-refractivity contribution in [2.75, 3.05) is 12.4 Å². The number of benzene rings is 3. The number of nitrogens with one attached hydrogen (secondary N) is 1. The number of hydrogen-bond donors (Lipinski definition) is 1. The number of amides is 1. The highest BCUT2D eigenvalue weighted by molar-refractivity contribution is 6.06. The van der Waals surface area contributed by atoms with E-state index in [0.29, 0.717) is 28.4 Å². The summed E-state index contributed by atoms with van der Waals surface area (Å²) in [5, 5.41) is 6.74. The summed E-state index contributed by atoms with van der Waals surface area (Å²) in [5.74, 6) is 0.318. The molecule has 0 atom stereocenters. The summed E-state index contributed by atoms with van der Waals surface area (Å²) in [4.78, 5) is 28.6. The molecule has 8 heteroatoms. The maximum atomic E-state index is 12.8. The van der Waals surface area contributed by atoms with Gasteiger partial charge in [0.05, 0.1) is 18.2 Å². The molecule has 0 bridgehead atoms. The SMILES string of the molecule is COC(=O)c1ccc(NC(=O)c2ccccc2OCc2nc(-c3ccccc3)no2)cc1. The maximum Gasteiger partial charge on any atom is 0.337 e. The summed E-state index contributed by atoms with van der Waals surface area (Å²) in [7, 11) is 1.31. The minimum Gasteiger partial charge on any atom is -0.483 e. The van der Waals surface area contributed by atoms with Gasteiger partial charge in [0, 0.05) is 11.3 Å². The first-order valence-corrected chi connectivity index (χ1v) is 9.73. The van der Waals surface area contributed by atoms with Crippen LogP contribution in [0.2, 0.25) is 0 Å². The number of methoxy groups -OCH3 is 1. The van der Waals surface area contributed by atoms with Crippen molar-refractivity contribution in [3.05, 3.63) is 95.9 Å². The Morgan fingerprint density at radius 3 is 2.41 bits per heavy atom. The molecule has 4 aromatic rings. The van der Waals surface area contributed by atoms with E-state index in [0.717, 1.165) is 5.56 Å². The number of ether oxygens (including phenoxy) is 2. The van der Waals surface area contributed by atoms with Crippen molar-refractivity contribution >= 4 is 17.6 Å². The Labute approximate surface area is 183 Å². The minimum atomic E-state index is -0.446. The molecule has 1 N–H and O–H groups in total. The summed E-state index contributed by atoms with van der Waals surface area (Å²) in [6.45, 7) is 0.0119. The molecule has 1 amide bonds. The largest absolute Gasteiger partial charge is 0.483 e. The van der Waals surface area contributed by atoms with Crippen molar-refractivity contribution in [1.82, 2.24) is 10.1 Å². The molecule has 0 saturated carbocycles. The van der Waals surface area contributed by atoms with Crippen LogP contribution in [0, 0.1) is 0 Å². The summed E-state index contributed by atoms with van der Waals surface area (Å²) in [6, 6.07) is 22.7. The first kappa shape index (κ1) is 20.8. The maximum absolute atomic E-state index is 12.8. The topological polar surface area (TPSA) is 104 Å². The van der Waals surface area contributed by atoms with Crippen LogP contribution in [0.25, 0.3) is 11.4 Å². The fourth-order valence-electron chi connectivity index (χ4n) is 2.94. The third-order valence-corrected chi connectivity index (χ3v) is 4.55. The van der Waals surface area contributed by atoms with Gasteiger partial charge >= 0.3 is 5.97 Å². The zero-order valence-corrected chi connectivity index (χ0v) is 17.1. The second-order valence-electron chi connectivity index (χ2n) is 6.69. The molecule has 0 aliphatic heterocycles. The van der Waals surface area contributed by atoms with Crippen molar-refractivity contribution in [3.8, 4) is 17.1 Å². The van der Waals surface area contributed by atoms with Gasteiger partial charge in [0.15, 0.2) is 6.61 Å². The first-order chi connectivity index (χ1) is 15.6. The summed E-state index contributed by atoms with van der Waals surface area (Å²) in [6.07, 6.45) is 0. The highest BCUT2D eigenvalue weighted by Gasteiger charge is 2.15. The minimum absolute atomic E-state index is 0.0119. The molecule has 0 unspecified atom stereocenters. The molecule has 1 aromatic heterocycles. The van der Waals surface area contributed by atoms with Crippen molar-refractivity contribution < 1.29 is 23.6 Å². The number of carbonyl (C=O) groups is 2. The summed E-state index contributed by atoms with van der Waals surface area (Å²) >= 11 is 0. The predicted octanol–water partition coefficient (Wildman–Crippen LogP) is 4.35. The van der Waals surface area contributed by atoms with Gasteiger partial charge in [-0.1, -0.05) is 47.6 Å². The molecule has 32 heavy (non-hydrogen) atoms. The van der Waals surface area contributed by atoms with Crippen molar-refractivity contribution in [3.63, 3.8) is 0 Å². The highest BCUT2D eigenvalue weighted by atomic mass is 16.5. The van der Waals surface area contributed by atoms with Crippen LogP contribution in [0.15, 0.2) is 83.4 Å². The molecule has 0 spiro atoms. The first-order valence-electron chi connectivity index (χ1n) is 9.73. The average Bonchev–Trinajstić information content (AvgIpc) is 3.32. The van der Waals surface area contributed by atoms with Crippen molar-refractivity contribution in [1.29, 1.82) is 0 Å². The lowest BCUT2D eigenvalue weighted by Gasteiger charge is -2.11. The van der Waals surface area contributed by atoms with Gasteiger partial charge in [-0.25, -0.2) is 4.79 Å². The van der Waals surface area contributed by atoms with E-state index in [1.165, 1.54) is 7.11 Å². The van der Waals surface area contributed by atoms with Gasteiger partial charge in [0.25, 0.3) is 11.8 Å². The number of para-hydroxylation sites is 1. The lowest BCUT2D eigenvalue weighted by atomic mass is 10.1. The second-order valence-corrected chi connectivity index (χ2v) is 6.69. The number of anilines is 1. The van der Waals surface area contributed by atoms with E-state index in [-0.39, 0.29) is 18.4 Å². The van der Waals surface area contributed by atoms with Gasteiger partial charge in [0.1, 0.15) is 5.75 Å². The summed E-state index contributed by atoms with van der Waals surface area (Å²) < 4.78 is 15.7. The Bertz CT molecular complexity index is 1220. The Hall–Kier alpha value is -4.46. The highest BCUT2D eigenvalue weighted by Crippen LogP contribution is 2.22. The number of nitrogens with zero attached hydrogens (tertiary/aromatic N) is 2. The van der Waals surface area contributed by atoms with E-state index < -0.39 is 5.97 Å². The van der Waals surface area contributed by atoms with Crippen LogP contribution in [0.5, 0.6) is 5.75 Å². The van der Waals surface area contributed by atoms with E-state index in [4.69, 9.17) is 9.26 Å². The number of rotatable bonds is 7. The van der Waals surface area contributed by atoms with Crippen LogP contribution in [0.1, 0.15) is 26.6 Å². The number of aromatic nitrogens is 2. The zero-order chi connectivity index (χ0) is 22.3. The Morgan fingerprint density at radius 2 is 1.66 bits per heavy atom. The molecule has 8 nitrogen and oxygen atoms in total. The Morgan fingerprint density at radius 1 is 0.938 bits per heavy atom. The molecule has 0 aliphatic rings. The third kappa shape index (κ3) is 4.81. The zero-order valence-electron chi connectivity index (χ0n) is 17.1. The average molecular weight is 429 g/mol. The molecule has 0 fully saturated rings. The Kier molecular flexibility index (Phi) is 6.22. The van der Waals surface area contributed by atoms with E-state index >= 15 is 0 Å². The molecule has 160 valence electrons. The van der Waals surface area contributed by atoms with Gasteiger partial charge in [-0.05, 0) is 36.4 Å². The van der Waals surface area contributed by atoms with Crippen molar-refractivity contribution in [2.45, 2.75) is 6.61 Å². The predicted molar refractivity (Wildman–Crippen MR) is 116 cm³/mol. The monoisotopic (exact) mass is 429 g/mol. The quantitative estimate of drug-likeness (QED) is 0.436. The lowest BCUT2D eigenvalue weighted by Crippen LogP contribution is -2.14. The summed E-state index contributed by atoms with van der Waals surface area (Å²) in [5.41, 5.74) is 2.10. The lowest BCUT2D eigenvalue weighted by molar-refractivity contribution is 0.0600. The van der Waals surface area contributed by atoms with Gasteiger partial charge in [-0.2, -0.15) is 4.98 Å². The molecule has 4 rings (SSSR count). The van der Waals surface area contributed by atoms with Gasteiger partial charge in [0.2, 0.25) is 5.82 Å². The standard InChI is InChI=1S/C24H19N3O5/c1-30-24(29)17-11-13-18(14-12-17)25-23(28)19-9-5-6-10-20(19)31-15-21-26-22(27-32-21)16-7-3-2-4-8-16/h2-14H,15H2,1H3,(H,25,28). The molecular formula is C24H19N3O5. The molecule has 0 saturated heterocycles. The molecule has 0 radical (unpaired) electrons. The molecular weight excluding hydrogens is 410 g/mol. The van der Waals surface area contributed by atoms with E-state index in [9.17, 15) is 9.59 Å². The van der Waals surface area contributed by atoms with Crippen LogP contribution < -0.4 is 10.1 Å². The Balaban J connectivity index is 1.43. The van der Waals surface area contributed by atoms with Crippen LogP contribution in [0.4, 0.5) is 5.69 Å². The fourth-order valence-corrected chi connectivity index (χ4v) is 2.94. The van der Waals surface area contributed by atoms with Gasteiger partial charge < -0.3 is 19.3 Å². The van der Waals surface area contributed by atoms with Crippen molar-refractivity contribution in [2.24, 2.45) is 0 Å². The normalized spacial score (nSPS) is 10.4. The van der Waals surface area contributed by atoms with E-state index in [2.05, 4.69) is 20.2 Å². The third-order valence-electron chi connectivity index (χ3n) is 4.55. The molecule has 0 aliphatic carbocycles. The van der Waals surface area contributed by atoms with Crippen LogP contribution in [-0.2, 0) is 11.3 Å². The van der Waals surface area contributed by atoms with E-state index in [1.54, 1.807) is 48.5 Å².